The number of ether oxygens (including phenoxy) is 1. The molecule has 7 nitrogen and oxygen atoms in total. The topological polar surface area (TPSA) is 88.8 Å². The Bertz CT molecular complexity index is 1120. The van der Waals surface area contributed by atoms with Crippen molar-refractivity contribution in [3.8, 4) is 23.1 Å². The molecule has 0 aliphatic heterocycles. The number of hydrogen-bond donors (Lipinski definition) is 2. The number of fused-ring (bicyclic) bond motifs is 1. The molecule has 7 heteroatoms. The number of nitrogens with one attached hydrogen (secondary N) is 1. The number of benzene rings is 1. The second-order valence-corrected chi connectivity index (χ2v) is 7.90. The second kappa shape index (κ2) is 8.97. The molecule has 0 bridgehead atoms. The lowest BCUT2D eigenvalue weighted by molar-refractivity contribution is 0.0523. The van der Waals surface area contributed by atoms with Crippen LogP contribution in [0.1, 0.15) is 44.0 Å². The van der Waals surface area contributed by atoms with Gasteiger partial charge in [0.25, 0.3) is 0 Å². The van der Waals surface area contributed by atoms with Gasteiger partial charge in [0, 0.05) is 30.8 Å². The van der Waals surface area contributed by atoms with Crippen molar-refractivity contribution < 1.29 is 14.6 Å². The van der Waals surface area contributed by atoms with Gasteiger partial charge in [0.05, 0.1) is 12.3 Å². The minimum absolute atomic E-state index is 0.0261. The van der Waals surface area contributed by atoms with Crippen molar-refractivity contribution in [3.63, 3.8) is 0 Å². The number of amides is 1. The highest BCUT2D eigenvalue weighted by Gasteiger charge is 2.16. The normalized spacial score (nSPS) is 11.1. The van der Waals surface area contributed by atoms with Crippen LogP contribution in [0.15, 0.2) is 36.5 Å². The summed E-state index contributed by atoms with van der Waals surface area (Å²) in [7, 11) is 0. The minimum atomic E-state index is -0.527. The van der Waals surface area contributed by atoms with Crippen molar-refractivity contribution in [2.45, 2.75) is 46.3 Å². The van der Waals surface area contributed by atoms with Crippen molar-refractivity contribution in [2.75, 3.05) is 6.61 Å². The SMILES string of the molecule is Cc1cc(-c2ccnc3cc(C#CCCO)nn23)ccc1CNC(=O)OC(C)(C)C. The molecule has 0 aliphatic rings. The van der Waals surface area contributed by atoms with E-state index in [-0.39, 0.29) is 6.61 Å². The van der Waals surface area contributed by atoms with Gasteiger partial charge >= 0.3 is 6.09 Å². The molecule has 3 aromatic rings. The van der Waals surface area contributed by atoms with E-state index in [2.05, 4.69) is 33.3 Å². The predicted octanol–water partition coefficient (Wildman–Crippen LogP) is 3.46. The van der Waals surface area contributed by atoms with E-state index >= 15 is 0 Å². The summed E-state index contributed by atoms with van der Waals surface area (Å²) in [5, 5.41) is 16.2. The molecule has 2 aromatic heterocycles. The highest BCUT2D eigenvalue weighted by Crippen LogP contribution is 2.23. The van der Waals surface area contributed by atoms with Gasteiger partial charge in [-0.2, -0.15) is 5.10 Å². The van der Waals surface area contributed by atoms with Crippen molar-refractivity contribution >= 4 is 11.7 Å². The minimum Gasteiger partial charge on any atom is -0.444 e. The number of aryl methyl sites for hydroxylation is 1. The molecule has 1 aromatic carbocycles. The molecule has 156 valence electrons. The van der Waals surface area contributed by atoms with Gasteiger partial charge in [-0.3, -0.25) is 0 Å². The molecule has 0 aliphatic carbocycles. The molecule has 2 heterocycles. The Morgan fingerprint density at radius 2 is 2.07 bits per heavy atom. The van der Waals surface area contributed by atoms with E-state index < -0.39 is 11.7 Å². The average Bonchev–Trinajstić information content (AvgIpc) is 3.08. The summed E-state index contributed by atoms with van der Waals surface area (Å²) in [6, 6.07) is 9.75. The number of aliphatic hydroxyl groups excluding tert-OH is 1. The number of nitrogens with zero attached hydrogens (tertiary/aromatic N) is 3. The zero-order valence-corrected chi connectivity index (χ0v) is 17.7. The Kier molecular flexibility index (Phi) is 6.38. The summed E-state index contributed by atoms with van der Waals surface area (Å²) in [6.45, 7) is 7.92. The maximum Gasteiger partial charge on any atom is 0.407 e. The molecule has 0 atom stereocenters. The van der Waals surface area contributed by atoms with Crippen molar-refractivity contribution in [1.82, 2.24) is 19.9 Å². The fourth-order valence-electron chi connectivity index (χ4n) is 2.92. The van der Waals surface area contributed by atoms with Gasteiger partial charge in [0.15, 0.2) is 5.65 Å². The zero-order valence-electron chi connectivity index (χ0n) is 17.7. The van der Waals surface area contributed by atoms with Crippen LogP contribution < -0.4 is 5.32 Å². The summed E-state index contributed by atoms with van der Waals surface area (Å²) in [5.41, 5.74) is 4.71. The van der Waals surface area contributed by atoms with Crippen LogP contribution in [0.4, 0.5) is 4.79 Å². The molecule has 30 heavy (non-hydrogen) atoms. The molecule has 1 amide bonds. The van der Waals surface area contributed by atoms with Gasteiger partial charge in [0.2, 0.25) is 0 Å². The van der Waals surface area contributed by atoms with Crippen LogP contribution in [-0.4, -0.2) is 38.0 Å². The van der Waals surface area contributed by atoms with Crippen LogP contribution in [-0.2, 0) is 11.3 Å². The lowest BCUT2D eigenvalue weighted by Gasteiger charge is -2.20. The number of aliphatic hydroxyl groups is 1. The Balaban J connectivity index is 1.82. The quantitative estimate of drug-likeness (QED) is 0.648. The Morgan fingerprint density at radius 3 is 2.77 bits per heavy atom. The standard InChI is InChI=1S/C23H26N4O3/c1-16-13-17(8-9-18(16)15-25-22(29)30-23(2,3)4)20-10-11-24-21-14-19(26-27(20)21)7-5-6-12-28/h8-11,13-14,28H,6,12,15H2,1-4H3,(H,25,29). The van der Waals surface area contributed by atoms with Crippen LogP contribution in [0.3, 0.4) is 0 Å². The number of alkyl carbamates (subject to hydrolysis) is 1. The average molecular weight is 406 g/mol. The fourth-order valence-corrected chi connectivity index (χ4v) is 2.92. The highest BCUT2D eigenvalue weighted by atomic mass is 16.6. The molecule has 3 rings (SSSR count). The van der Waals surface area contributed by atoms with E-state index in [0.29, 0.717) is 24.3 Å². The largest absolute Gasteiger partial charge is 0.444 e. The fraction of sp³-hybridized carbons (Fsp3) is 0.348. The van der Waals surface area contributed by atoms with Crippen LogP contribution in [0, 0.1) is 18.8 Å². The number of carbonyl (C=O) groups excluding carboxylic acids is 1. The molecular formula is C23H26N4O3. The summed E-state index contributed by atoms with van der Waals surface area (Å²) in [5.74, 6) is 5.82. The van der Waals surface area contributed by atoms with E-state index in [0.717, 1.165) is 22.4 Å². The van der Waals surface area contributed by atoms with Gasteiger partial charge in [-0.05, 0) is 56.9 Å². The summed E-state index contributed by atoms with van der Waals surface area (Å²) in [4.78, 5) is 16.3. The predicted molar refractivity (Wildman–Crippen MR) is 115 cm³/mol. The Labute approximate surface area is 176 Å². The molecule has 0 saturated carbocycles. The van der Waals surface area contributed by atoms with Crippen molar-refractivity contribution in [2.24, 2.45) is 0 Å². The number of carbonyl (C=O) groups is 1. The third-order valence-electron chi connectivity index (χ3n) is 4.27. The second-order valence-electron chi connectivity index (χ2n) is 7.90. The zero-order chi connectivity index (χ0) is 21.7. The molecular weight excluding hydrogens is 380 g/mol. The molecule has 2 N–H and O–H groups in total. The Morgan fingerprint density at radius 1 is 1.27 bits per heavy atom. The molecule has 0 unspecified atom stereocenters. The lowest BCUT2D eigenvalue weighted by Crippen LogP contribution is -2.32. The summed E-state index contributed by atoms with van der Waals surface area (Å²) >= 11 is 0. The van der Waals surface area contributed by atoms with Crippen molar-refractivity contribution in [1.29, 1.82) is 0 Å². The van der Waals surface area contributed by atoms with E-state index in [1.165, 1.54) is 0 Å². The van der Waals surface area contributed by atoms with Crippen LogP contribution >= 0.6 is 0 Å². The summed E-state index contributed by atoms with van der Waals surface area (Å²) < 4.78 is 7.04. The van der Waals surface area contributed by atoms with E-state index in [9.17, 15) is 4.79 Å². The van der Waals surface area contributed by atoms with Gasteiger partial charge in [-0.25, -0.2) is 14.3 Å². The Hall–Kier alpha value is -3.37. The van der Waals surface area contributed by atoms with Gasteiger partial charge in [-0.15, -0.1) is 0 Å². The lowest BCUT2D eigenvalue weighted by atomic mass is 10.0. The first kappa shape index (κ1) is 21.3. The monoisotopic (exact) mass is 406 g/mol. The van der Waals surface area contributed by atoms with Gasteiger partial charge < -0.3 is 15.2 Å². The van der Waals surface area contributed by atoms with Gasteiger partial charge in [-0.1, -0.05) is 18.1 Å². The smallest absolute Gasteiger partial charge is 0.407 e. The first-order valence-corrected chi connectivity index (χ1v) is 9.78. The van der Waals surface area contributed by atoms with E-state index in [1.807, 2.05) is 52.0 Å². The molecule has 0 spiro atoms. The van der Waals surface area contributed by atoms with Crippen LogP contribution in [0.2, 0.25) is 0 Å². The maximum atomic E-state index is 11.9. The molecule has 0 saturated heterocycles. The molecule has 0 fully saturated rings. The number of aromatic nitrogens is 3. The van der Waals surface area contributed by atoms with Crippen molar-refractivity contribution in [3.05, 3.63) is 53.3 Å². The number of hydrogen-bond acceptors (Lipinski definition) is 5. The highest BCUT2D eigenvalue weighted by molar-refractivity contribution is 5.68. The number of rotatable bonds is 4. The molecule has 0 radical (unpaired) electrons. The van der Waals surface area contributed by atoms with E-state index in [4.69, 9.17) is 9.84 Å². The van der Waals surface area contributed by atoms with Gasteiger partial charge in [0.1, 0.15) is 11.3 Å². The van der Waals surface area contributed by atoms with Crippen LogP contribution in [0.25, 0.3) is 16.9 Å². The summed E-state index contributed by atoms with van der Waals surface area (Å²) in [6.07, 6.45) is 1.71. The first-order valence-electron chi connectivity index (χ1n) is 9.78. The maximum absolute atomic E-state index is 11.9. The van der Waals surface area contributed by atoms with E-state index in [1.54, 1.807) is 10.7 Å². The third-order valence-corrected chi connectivity index (χ3v) is 4.27. The van der Waals surface area contributed by atoms with Crippen LogP contribution in [0.5, 0.6) is 0 Å². The first-order chi connectivity index (χ1) is 14.3. The third kappa shape index (κ3) is 5.37.